The van der Waals surface area contributed by atoms with Crippen LogP contribution in [0.15, 0.2) is 71.8 Å². The van der Waals surface area contributed by atoms with E-state index in [1.54, 1.807) is 29.7 Å². The molecule has 12 nitrogen and oxygen atoms in total. The van der Waals surface area contributed by atoms with E-state index in [0.29, 0.717) is 69.1 Å². The molecule has 1 amide bonds. The number of aromatic nitrogens is 8. The number of halogens is 3. The Morgan fingerprint density at radius 2 is 1.32 bits per heavy atom. The number of carbonyl (C=O) groups excluding carboxylic acids is 2. The molecule has 1 aliphatic heterocycles. The molecule has 0 spiro atoms. The van der Waals surface area contributed by atoms with Gasteiger partial charge in [0.15, 0.2) is 16.1 Å². The second-order valence-corrected chi connectivity index (χ2v) is 15.7. The predicted molar refractivity (Wildman–Crippen MR) is 241 cm³/mol. The van der Waals surface area contributed by atoms with Gasteiger partial charge < -0.3 is 25.2 Å². The number of amides is 1. The van der Waals surface area contributed by atoms with Gasteiger partial charge in [0.05, 0.1) is 43.9 Å². The number of Topliss-reactive ketones (excluding diaryl/α,β-unsaturated/α-hetero) is 1. The number of hydrogen-bond donors (Lipinski definition) is 1. The Morgan fingerprint density at radius 1 is 0.750 bits per heavy atom. The summed E-state index contributed by atoms with van der Waals surface area (Å²) in [6.07, 6.45) is 15.1. The number of anilines is 2. The molecule has 0 fully saturated rings. The first-order valence-electron chi connectivity index (χ1n) is 17.9. The second kappa shape index (κ2) is 22.8. The van der Waals surface area contributed by atoms with Crippen LogP contribution in [0.4, 0.5) is 11.6 Å². The van der Waals surface area contributed by atoms with Gasteiger partial charge in [-0.2, -0.15) is 0 Å². The van der Waals surface area contributed by atoms with Crippen LogP contribution in [0.1, 0.15) is 61.3 Å². The van der Waals surface area contributed by atoms with E-state index in [2.05, 4.69) is 57.3 Å². The summed E-state index contributed by atoms with van der Waals surface area (Å²) < 4.78 is 0. The first-order chi connectivity index (χ1) is 27.4. The van der Waals surface area contributed by atoms with Crippen LogP contribution in [0.3, 0.4) is 0 Å². The normalized spacial score (nSPS) is 11.6. The predicted octanol–water partition coefficient (Wildman–Crippen LogP) is 5.99. The Hall–Kier alpha value is -3.96. The molecular weight excluding hydrogens is 871 g/mol. The number of rotatable bonds is 10. The number of aryl methyl sites for hydroxylation is 4. The van der Waals surface area contributed by atoms with Gasteiger partial charge in [-0.25, -0.2) is 29.9 Å². The zero-order chi connectivity index (χ0) is 40.8. The van der Waals surface area contributed by atoms with Gasteiger partial charge in [0.1, 0.15) is 11.6 Å². The molecule has 7 heterocycles. The standard InChI is InChI=1S/C21H22ClN5OS.C20H18ClN5OS.CH3.ClH.Mg/c1-12-7-13(2)20(25-9-12)15-8-19(24-11-17(15)22)23-6-5-18-16(14(3)28)10-26-21(27-18)29-4;1-11-6-12(2)18(23-8-11)13-7-17(22-10-15(13)21)26-5-4-16-14(19(26)27)9-24-20(25-16)28-3;;;/h7-11H,5-6H2,1-4H3,(H,23,24);6-10H,4-5H2,1-3H3;1H3;1H;/q;;-1;;+2/p-1. The van der Waals surface area contributed by atoms with E-state index in [0.717, 1.165) is 56.2 Å². The second-order valence-electron chi connectivity index (χ2n) is 13.3. The quantitative estimate of drug-likeness (QED) is 0.0564. The first kappa shape index (κ1) is 50.4. The van der Waals surface area contributed by atoms with Crippen LogP contribution in [0, 0.1) is 35.1 Å². The first-order valence-corrected chi connectivity index (χ1v) is 21.1. The fourth-order valence-corrected chi connectivity index (χ4v) is 7.41. The zero-order valence-corrected chi connectivity index (χ0v) is 39.9. The third-order valence-electron chi connectivity index (χ3n) is 9.06. The summed E-state index contributed by atoms with van der Waals surface area (Å²) in [7, 11) is 0. The SMILES string of the molecule is CSc1ncc(C(C)=O)c(CCNc2cc(-c3ncc(C)cc3C)c(Cl)cn2)n1.CSc1ncc2c(n1)CCN(c1cc(-c3ncc(C)cc3C)c(Cl)cn1)C2=O.[CH3-].[Cl-].[Mg+2]. The third-order valence-corrected chi connectivity index (χ3v) is 10.8. The zero-order valence-electron chi connectivity index (χ0n) is 34.6. The molecule has 6 aromatic heterocycles. The van der Waals surface area contributed by atoms with Crippen LogP contribution in [0.5, 0.6) is 0 Å². The Balaban J connectivity index is 0.000000305. The van der Waals surface area contributed by atoms with Crippen molar-refractivity contribution in [2.75, 3.05) is 35.8 Å². The maximum atomic E-state index is 13.0. The summed E-state index contributed by atoms with van der Waals surface area (Å²) >= 11 is 15.7. The van der Waals surface area contributed by atoms with Crippen LogP contribution in [0.2, 0.25) is 10.0 Å². The van der Waals surface area contributed by atoms with E-state index in [-0.39, 0.29) is 54.6 Å². The molecular formula is C42H43Cl3MgN10O2S2. The maximum absolute atomic E-state index is 13.0. The van der Waals surface area contributed by atoms with Crippen molar-refractivity contribution in [3.63, 3.8) is 0 Å². The molecule has 60 heavy (non-hydrogen) atoms. The molecule has 0 atom stereocenters. The van der Waals surface area contributed by atoms with Crippen molar-refractivity contribution in [3.05, 3.63) is 124 Å². The number of thioether (sulfide) groups is 2. The van der Waals surface area contributed by atoms with Crippen molar-refractivity contribution in [2.24, 2.45) is 0 Å². The number of pyridine rings is 4. The minimum absolute atomic E-state index is 0. The van der Waals surface area contributed by atoms with Gasteiger partial charge in [-0.1, -0.05) is 58.9 Å². The molecule has 7 rings (SSSR count). The molecule has 18 heteroatoms. The van der Waals surface area contributed by atoms with Crippen molar-refractivity contribution in [1.29, 1.82) is 0 Å². The Labute approximate surface area is 391 Å². The van der Waals surface area contributed by atoms with Crippen molar-refractivity contribution in [1.82, 2.24) is 39.9 Å². The average molecular weight is 915 g/mol. The topological polar surface area (TPSA) is 153 Å². The van der Waals surface area contributed by atoms with E-state index >= 15 is 0 Å². The van der Waals surface area contributed by atoms with Crippen LogP contribution < -0.4 is 22.6 Å². The van der Waals surface area contributed by atoms with Crippen LogP contribution in [-0.2, 0) is 12.8 Å². The van der Waals surface area contributed by atoms with Gasteiger partial charge in [0.25, 0.3) is 5.91 Å². The number of nitrogens with one attached hydrogen (secondary N) is 1. The minimum Gasteiger partial charge on any atom is -1.00 e. The summed E-state index contributed by atoms with van der Waals surface area (Å²) in [5.41, 5.74) is 10.1. The van der Waals surface area contributed by atoms with Gasteiger partial charge in [0, 0.05) is 74.2 Å². The Morgan fingerprint density at radius 3 is 1.90 bits per heavy atom. The molecule has 0 aromatic carbocycles. The smallest absolute Gasteiger partial charge is 1.00 e. The summed E-state index contributed by atoms with van der Waals surface area (Å²) in [5.74, 6) is 1.05. The van der Waals surface area contributed by atoms with Crippen molar-refractivity contribution in [3.8, 4) is 22.5 Å². The molecule has 0 aliphatic carbocycles. The maximum Gasteiger partial charge on any atom is 2.00 e. The van der Waals surface area contributed by atoms with E-state index in [4.69, 9.17) is 23.2 Å². The minimum atomic E-state index is -0.150. The molecule has 6 aromatic rings. The monoisotopic (exact) mass is 912 g/mol. The number of ketones is 1. The summed E-state index contributed by atoms with van der Waals surface area (Å²) in [6, 6.07) is 7.86. The summed E-state index contributed by atoms with van der Waals surface area (Å²) in [4.78, 5) is 61.7. The van der Waals surface area contributed by atoms with E-state index < -0.39 is 0 Å². The molecule has 1 N–H and O–H groups in total. The van der Waals surface area contributed by atoms with Crippen LogP contribution in [0.25, 0.3) is 22.5 Å². The third kappa shape index (κ3) is 11.9. The van der Waals surface area contributed by atoms with Crippen molar-refractivity contribution in [2.45, 2.75) is 57.8 Å². The van der Waals surface area contributed by atoms with Crippen LogP contribution >= 0.6 is 46.7 Å². The molecule has 0 radical (unpaired) electrons. The average Bonchev–Trinajstić information content (AvgIpc) is 3.19. The Bertz CT molecular complexity index is 2500. The number of hydrogen-bond acceptors (Lipinski definition) is 13. The van der Waals surface area contributed by atoms with Gasteiger partial charge >= 0.3 is 23.1 Å². The fraction of sp³-hybridized carbons (Fsp3) is 0.262. The van der Waals surface area contributed by atoms with E-state index in [9.17, 15) is 9.59 Å². The largest absolute Gasteiger partial charge is 2.00 e. The van der Waals surface area contributed by atoms with Gasteiger partial charge in [0.2, 0.25) is 0 Å². The van der Waals surface area contributed by atoms with Gasteiger partial charge in [-0.05, 0) is 81.5 Å². The molecule has 308 valence electrons. The molecule has 0 saturated heterocycles. The molecule has 0 unspecified atom stereocenters. The van der Waals surface area contributed by atoms with Crippen LogP contribution in [-0.4, -0.2) is 100 Å². The number of nitrogens with zero attached hydrogens (tertiary/aromatic N) is 9. The van der Waals surface area contributed by atoms with E-state index in [1.807, 2.05) is 64.7 Å². The number of carbonyl (C=O) groups is 2. The molecule has 0 bridgehead atoms. The fourth-order valence-electron chi connectivity index (χ4n) is 6.31. The summed E-state index contributed by atoms with van der Waals surface area (Å²) in [6.45, 7) is 10.6. The van der Waals surface area contributed by atoms with Gasteiger partial charge in [-0.3, -0.25) is 24.5 Å². The number of fused-ring (bicyclic) bond motifs is 1. The molecule has 0 saturated carbocycles. The van der Waals surface area contributed by atoms with Crippen molar-refractivity contribution >= 4 is 93.1 Å². The van der Waals surface area contributed by atoms with E-state index in [1.165, 1.54) is 30.4 Å². The Kier molecular flexibility index (Phi) is 19.1. The summed E-state index contributed by atoms with van der Waals surface area (Å²) in [5, 5.41) is 5.66. The van der Waals surface area contributed by atoms with Crippen molar-refractivity contribution < 1.29 is 22.0 Å². The molecule has 1 aliphatic rings. The van der Waals surface area contributed by atoms with Gasteiger partial charge in [-0.15, -0.1) is 0 Å².